The number of hydrazone groups is 1. The van der Waals surface area contributed by atoms with Crippen molar-refractivity contribution in [3.63, 3.8) is 0 Å². The van der Waals surface area contributed by atoms with Crippen molar-refractivity contribution in [2.24, 2.45) is 5.10 Å². The fourth-order valence-electron chi connectivity index (χ4n) is 2.42. The van der Waals surface area contributed by atoms with Crippen molar-refractivity contribution in [2.75, 3.05) is 12.4 Å². The number of thiocarbonyl (C=S) groups is 1. The highest BCUT2D eigenvalue weighted by molar-refractivity contribution is 7.80. The van der Waals surface area contributed by atoms with E-state index in [0.29, 0.717) is 17.4 Å². The van der Waals surface area contributed by atoms with Gasteiger partial charge in [-0.25, -0.2) is 4.68 Å². The maximum absolute atomic E-state index is 5.26. The van der Waals surface area contributed by atoms with Crippen molar-refractivity contribution in [2.45, 2.75) is 6.54 Å². The molecule has 0 aliphatic rings. The monoisotopic (exact) mass is 392 g/mol. The molecule has 0 aliphatic carbocycles. The smallest absolute Gasteiger partial charge is 0.191 e. The second kappa shape index (κ2) is 9.98. The Morgan fingerprint density at radius 2 is 1.96 bits per heavy atom. The Bertz CT molecular complexity index is 968. The van der Waals surface area contributed by atoms with Gasteiger partial charge >= 0.3 is 0 Å². The molecule has 0 saturated heterocycles. The minimum atomic E-state index is 0.364. The fourth-order valence-corrected chi connectivity index (χ4v) is 2.58. The molecule has 8 heteroatoms. The summed E-state index contributed by atoms with van der Waals surface area (Å²) in [6, 6.07) is 17.6. The van der Waals surface area contributed by atoms with E-state index in [4.69, 9.17) is 17.0 Å². The van der Waals surface area contributed by atoms with Crippen molar-refractivity contribution in [1.82, 2.24) is 20.4 Å². The number of anilines is 1. The molecule has 1 heterocycles. The number of rotatable bonds is 7. The molecule has 2 aromatic carbocycles. The summed E-state index contributed by atoms with van der Waals surface area (Å²) in [4.78, 5) is 0. The average molecular weight is 392 g/mol. The van der Waals surface area contributed by atoms with Crippen LogP contribution in [0.25, 0.3) is 6.08 Å². The molecule has 0 aliphatic heterocycles. The summed E-state index contributed by atoms with van der Waals surface area (Å²) >= 11 is 5.21. The molecular formula is C20H20N6OS. The van der Waals surface area contributed by atoms with Crippen LogP contribution in [0.15, 0.2) is 72.0 Å². The highest BCUT2D eigenvalue weighted by atomic mass is 32.1. The Morgan fingerprint density at radius 3 is 2.79 bits per heavy atom. The summed E-state index contributed by atoms with van der Waals surface area (Å²) in [6.45, 7) is 0.681. The van der Waals surface area contributed by atoms with E-state index >= 15 is 0 Å². The van der Waals surface area contributed by atoms with E-state index in [0.717, 1.165) is 11.4 Å². The first kappa shape index (κ1) is 19.2. The zero-order valence-corrected chi connectivity index (χ0v) is 16.1. The molecule has 0 saturated carbocycles. The molecule has 1 aromatic heterocycles. The number of aromatic nitrogens is 3. The Kier molecular flexibility index (Phi) is 6.86. The van der Waals surface area contributed by atoms with Crippen molar-refractivity contribution in [3.8, 4) is 5.75 Å². The SMILES string of the molecule is COc1ccccc1NC(=S)N/N=C\C=C\c1cn(Cc2ccccc2)nn1. The topological polar surface area (TPSA) is 76.4 Å². The molecule has 7 nitrogen and oxygen atoms in total. The molecule has 3 rings (SSSR count). The second-order valence-electron chi connectivity index (χ2n) is 5.73. The molecule has 0 atom stereocenters. The van der Waals surface area contributed by atoms with Crippen molar-refractivity contribution in [1.29, 1.82) is 0 Å². The number of hydrogen-bond acceptors (Lipinski definition) is 5. The number of ether oxygens (including phenoxy) is 1. The zero-order chi connectivity index (χ0) is 19.6. The van der Waals surface area contributed by atoms with Gasteiger partial charge in [0, 0.05) is 6.21 Å². The molecular weight excluding hydrogens is 372 g/mol. The van der Waals surface area contributed by atoms with E-state index in [-0.39, 0.29) is 0 Å². The minimum absolute atomic E-state index is 0.364. The quantitative estimate of drug-likeness (QED) is 0.365. The van der Waals surface area contributed by atoms with Crippen LogP contribution in [0.4, 0.5) is 5.69 Å². The van der Waals surface area contributed by atoms with Crippen LogP contribution in [0, 0.1) is 0 Å². The van der Waals surface area contributed by atoms with Crippen LogP contribution in [0.3, 0.4) is 0 Å². The first-order valence-electron chi connectivity index (χ1n) is 8.58. The van der Waals surface area contributed by atoms with E-state index in [9.17, 15) is 0 Å². The number of methoxy groups -OCH3 is 1. The number of para-hydroxylation sites is 2. The van der Waals surface area contributed by atoms with Gasteiger partial charge in [0.2, 0.25) is 0 Å². The number of nitrogens with zero attached hydrogens (tertiary/aromatic N) is 4. The molecule has 0 fully saturated rings. The van der Waals surface area contributed by atoms with Gasteiger partial charge in [-0.15, -0.1) is 5.10 Å². The standard InChI is InChI=1S/C20H20N6OS/c1-27-19-12-6-5-11-18(19)22-20(28)24-21-13-7-10-17-15-26(25-23-17)14-16-8-3-2-4-9-16/h2-13,15H,14H2,1H3,(H2,22,24,28)/b10-7+,21-13-. The van der Waals surface area contributed by atoms with E-state index in [1.165, 1.54) is 5.56 Å². The number of benzene rings is 2. The third-order valence-corrected chi connectivity index (χ3v) is 3.89. The molecule has 142 valence electrons. The predicted molar refractivity (Wildman–Crippen MR) is 115 cm³/mol. The van der Waals surface area contributed by atoms with Gasteiger partial charge in [-0.05, 0) is 42.1 Å². The lowest BCUT2D eigenvalue weighted by atomic mass is 10.2. The summed E-state index contributed by atoms with van der Waals surface area (Å²) in [5.74, 6) is 0.703. The molecule has 2 N–H and O–H groups in total. The highest BCUT2D eigenvalue weighted by Crippen LogP contribution is 2.22. The summed E-state index contributed by atoms with van der Waals surface area (Å²) in [5.41, 5.74) is 5.43. The Balaban J connectivity index is 1.47. The van der Waals surface area contributed by atoms with E-state index in [1.54, 1.807) is 24.1 Å². The van der Waals surface area contributed by atoms with Gasteiger partial charge in [0.15, 0.2) is 5.11 Å². The van der Waals surface area contributed by atoms with Crippen LogP contribution >= 0.6 is 12.2 Å². The first-order chi connectivity index (χ1) is 13.7. The normalized spacial score (nSPS) is 11.0. The molecule has 28 heavy (non-hydrogen) atoms. The third kappa shape index (κ3) is 5.75. The van der Waals surface area contributed by atoms with Gasteiger partial charge in [0.05, 0.1) is 25.5 Å². The Labute approximate surface area is 168 Å². The van der Waals surface area contributed by atoms with Crippen molar-refractivity contribution < 1.29 is 4.74 Å². The van der Waals surface area contributed by atoms with Gasteiger partial charge in [-0.1, -0.05) is 47.7 Å². The Morgan fingerprint density at radius 1 is 1.18 bits per heavy atom. The summed E-state index contributed by atoms with van der Waals surface area (Å²) in [7, 11) is 1.61. The predicted octanol–water partition coefficient (Wildman–Crippen LogP) is 3.32. The molecule has 0 radical (unpaired) electrons. The largest absolute Gasteiger partial charge is 0.495 e. The molecule has 0 spiro atoms. The highest BCUT2D eigenvalue weighted by Gasteiger charge is 2.02. The Hall–Kier alpha value is -3.52. The third-order valence-electron chi connectivity index (χ3n) is 3.69. The molecule has 0 bridgehead atoms. The molecule has 0 unspecified atom stereocenters. The second-order valence-corrected chi connectivity index (χ2v) is 6.14. The van der Waals surface area contributed by atoms with Crippen LogP contribution < -0.4 is 15.5 Å². The van der Waals surface area contributed by atoms with Gasteiger partial charge in [0.1, 0.15) is 11.4 Å². The zero-order valence-electron chi connectivity index (χ0n) is 15.3. The van der Waals surface area contributed by atoms with Crippen LogP contribution in [-0.4, -0.2) is 33.4 Å². The lowest BCUT2D eigenvalue weighted by Gasteiger charge is -2.10. The van der Waals surface area contributed by atoms with Gasteiger partial charge in [-0.3, -0.25) is 5.43 Å². The first-order valence-corrected chi connectivity index (χ1v) is 8.99. The van der Waals surface area contributed by atoms with Gasteiger partial charge in [-0.2, -0.15) is 5.10 Å². The van der Waals surface area contributed by atoms with Gasteiger partial charge < -0.3 is 10.1 Å². The number of nitrogens with one attached hydrogen (secondary N) is 2. The van der Waals surface area contributed by atoms with Crippen molar-refractivity contribution >= 4 is 35.3 Å². The van der Waals surface area contributed by atoms with E-state index < -0.39 is 0 Å². The van der Waals surface area contributed by atoms with Crippen LogP contribution in [0.2, 0.25) is 0 Å². The summed E-state index contributed by atoms with van der Waals surface area (Å²) in [5, 5.41) is 15.7. The maximum Gasteiger partial charge on any atom is 0.191 e. The van der Waals surface area contributed by atoms with E-state index in [2.05, 4.69) is 38.3 Å². The summed E-state index contributed by atoms with van der Waals surface area (Å²) in [6.07, 6.45) is 7.04. The maximum atomic E-state index is 5.26. The number of hydrogen-bond donors (Lipinski definition) is 2. The van der Waals surface area contributed by atoms with E-state index in [1.807, 2.05) is 54.7 Å². The van der Waals surface area contributed by atoms with Gasteiger partial charge in [0.25, 0.3) is 0 Å². The molecule has 0 amide bonds. The minimum Gasteiger partial charge on any atom is -0.495 e. The lowest BCUT2D eigenvalue weighted by molar-refractivity contribution is 0.417. The average Bonchev–Trinajstić information content (AvgIpc) is 3.16. The van der Waals surface area contributed by atoms with Crippen LogP contribution in [0.1, 0.15) is 11.3 Å². The van der Waals surface area contributed by atoms with Crippen LogP contribution in [0.5, 0.6) is 5.75 Å². The number of allylic oxidation sites excluding steroid dienone is 1. The lowest BCUT2D eigenvalue weighted by Crippen LogP contribution is -2.23. The van der Waals surface area contributed by atoms with Crippen LogP contribution in [-0.2, 0) is 6.54 Å². The molecule has 3 aromatic rings. The fraction of sp³-hybridized carbons (Fsp3) is 0.100. The van der Waals surface area contributed by atoms with Crippen molar-refractivity contribution in [3.05, 3.63) is 78.1 Å². The summed E-state index contributed by atoms with van der Waals surface area (Å²) < 4.78 is 7.05.